The van der Waals surface area contributed by atoms with Crippen molar-refractivity contribution in [3.8, 4) is 12.3 Å². The lowest BCUT2D eigenvalue weighted by molar-refractivity contribution is -0.264. The van der Waals surface area contributed by atoms with Gasteiger partial charge in [-0.3, -0.25) is 0 Å². The first-order valence-corrected chi connectivity index (χ1v) is 6.00. The normalized spacial score (nSPS) is 15.5. The maximum Gasteiger partial charge on any atom is 0.418 e. The smallest absolute Gasteiger partial charge is 0.380 e. The largest absolute Gasteiger partial charge is 0.418 e. The number of hydrogen-bond donors (Lipinski definition) is 1. The molecule has 1 atom stereocenters. The number of alkyl halides is 3. The molecular formula is C15H16F4O. The third-order valence-corrected chi connectivity index (χ3v) is 3.26. The maximum atomic E-state index is 13.2. The third-order valence-electron chi connectivity index (χ3n) is 3.26. The highest BCUT2D eigenvalue weighted by atomic mass is 19.4. The van der Waals surface area contributed by atoms with Crippen LogP contribution in [0.3, 0.4) is 0 Å². The summed E-state index contributed by atoms with van der Waals surface area (Å²) in [7, 11) is 0. The van der Waals surface area contributed by atoms with Crippen LogP contribution in [0.2, 0.25) is 0 Å². The van der Waals surface area contributed by atoms with Gasteiger partial charge >= 0.3 is 6.18 Å². The first-order chi connectivity index (χ1) is 9.02. The van der Waals surface area contributed by atoms with Crippen molar-refractivity contribution in [2.45, 2.75) is 43.9 Å². The van der Waals surface area contributed by atoms with Crippen LogP contribution in [0.25, 0.3) is 0 Å². The van der Waals surface area contributed by atoms with Gasteiger partial charge < -0.3 is 5.11 Å². The van der Waals surface area contributed by atoms with Gasteiger partial charge in [-0.1, -0.05) is 26.0 Å². The van der Waals surface area contributed by atoms with E-state index in [1.54, 1.807) is 0 Å². The molecule has 1 aromatic rings. The zero-order valence-electron chi connectivity index (χ0n) is 11.3. The molecule has 110 valence electrons. The molecule has 0 bridgehead atoms. The van der Waals surface area contributed by atoms with E-state index in [0.717, 1.165) is 6.07 Å². The van der Waals surface area contributed by atoms with E-state index in [4.69, 9.17) is 6.42 Å². The zero-order chi connectivity index (χ0) is 15.6. The van der Waals surface area contributed by atoms with Gasteiger partial charge in [-0.2, -0.15) is 13.2 Å². The Morgan fingerprint density at radius 1 is 1.25 bits per heavy atom. The molecule has 0 amide bonds. The third kappa shape index (κ3) is 3.51. The average molecular weight is 288 g/mol. The van der Waals surface area contributed by atoms with Crippen molar-refractivity contribution in [3.63, 3.8) is 0 Å². The van der Waals surface area contributed by atoms with E-state index in [2.05, 4.69) is 0 Å². The van der Waals surface area contributed by atoms with E-state index in [-0.39, 0.29) is 0 Å². The van der Waals surface area contributed by atoms with E-state index >= 15 is 0 Å². The summed E-state index contributed by atoms with van der Waals surface area (Å²) >= 11 is 0. The Bertz CT molecular complexity index is 513. The Morgan fingerprint density at radius 2 is 1.85 bits per heavy atom. The molecule has 0 aromatic heterocycles. The van der Waals surface area contributed by atoms with E-state index < -0.39 is 35.9 Å². The summed E-state index contributed by atoms with van der Waals surface area (Å²) in [4.78, 5) is 0. The summed E-state index contributed by atoms with van der Waals surface area (Å²) < 4.78 is 52.2. The van der Waals surface area contributed by atoms with Crippen molar-refractivity contribution in [2.24, 2.45) is 0 Å². The van der Waals surface area contributed by atoms with Crippen LogP contribution < -0.4 is 0 Å². The average Bonchev–Trinajstić information content (AvgIpc) is 2.27. The molecule has 1 rings (SSSR count). The second-order valence-corrected chi connectivity index (χ2v) is 5.48. The van der Waals surface area contributed by atoms with Gasteiger partial charge in [0.1, 0.15) is 5.82 Å². The first kappa shape index (κ1) is 16.5. The second kappa shape index (κ2) is 5.45. The molecule has 1 nitrogen and oxygen atoms in total. The topological polar surface area (TPSA) is 20.2 Å². The first-order valence-electron chi connectivity index (χ1n) is 6.00. The van der Waals surface area contributed by atoms with Crippen LogP contribution in [0.15, 0.2) is 24.3 Å². The summed E-state index contributed by atoms with van der Waals surface area (Å²) in [6, 6.07) is 5.31. The van der Waals surface area contributed by atoms with Crippen LogP contribution in [-0.4, -0.2) is 16.9 Å². The molecular weight excluding hydrogens is 272 g/mol. The summed E-state index contributed by atoms with van der Waals surface area (Å²) in [5.74, 6) is 1.32. The molecule has 0 aliphatic carbocycles. The van der Waals surface area contributed by atoms with E-state index in [1.165, 1.54) is 32.0 Å². The van der Waals surface area contributed by atoms with Crippen molar-refractivity contribution in [3.05, 3.63) is 35.6 Å². The molecule has 0 fully saturated rings. The lowest BCUT2D eigenvalue weighted by Gasteiger charge is -2.37. The quantitative estimate of drug-likeness (QED) is 0.660. The minimum Gasteiger partial charge on any atom is -0.380 e. The molecule has 0 aliphatic rings. The van der Waals surface area contributed by atoms with E-state index in [0.29, 0.717) is 5.56 Å². The highest BCUT2D eigenvalue weighted by Crippen LogP contribution is 2.42. The van der Waals surface area contributed by atoms with Gasteiger partial charge in [-0.15, -0.1) is 12.3 Å². The standard InChI is InChI=1S/C15H16F4O/c1-4-8-14(20,15(17,18)19)10-13(2,3)11-6-5-7-12(16)9-11/h1,5-7,9,20H,8,10H2,2-3H3/t14-/m1/s1. The molecule has 0 heterocycles. The molecule has 0 radical (unpaired) electrons. The van der Waals surface area contributed by atoms with Crippen LogP contribution in [0.4, 0.5) is 17.6 Å². The van der Waals surface area contributed by atoms with Crippen LogP contribution in [0.1, 0.15) is 32.3 Å². The fourth-order valence-electron chi connectivity index (χ4n) is 2.17. The predicted molar refractivity (Wildman–Crippen MR) is 68.5 cm³/mol. The summed E-state index contributed by atoms with van der Waals surface area (Å²) in [5, 5.41) is 9.85. The molecule has 1 N–H and O–H groups in total. The van der Waals surface area contributed by atoms with Crippen LogP contribution >= 0.6 is 0 Å². The van der Waals surface area contributed by atoms with Crippen molar-refractivity contribution in [2.75, 3.05) is 0 Å². The highest BCUT2D eigenvalue weighted by molar-refractivity contribution is 5.25. The predicted octanol–water partition coefficient (Wildman–Crippen LogP) is 3.81. The van der Waals surface area contributed by atoms with Gasteiger partial charge in [-0.25, -0.2) is 4.39 Å². The number of hydrogen-bond acceptors (Lipinski definition) is 1. The Balaban J connectivity index is 3.13. The van der Waals surface area contributed by atoms with Gasteiger partial charge in [0, 0.05) is 6.42 Å². The number of rotatable bonds is 4. The fourth-order valence-corrected chi connectivity index (χ4v) is 2.17. The van der Waals surface area contributed by atoms with Gasteiger partial charge in [0.15, 0.2) is 5.60 Å². The molecule has 5 heteroatoms. The van der Waals surface area contributed by atoms with Crippen LogP contribution in [0, 0.1) is 18.2 Å². The molecule has 0 spiro atoms. The highest BCUT2D eigenvalue weighted by Gasteiger charge is 2.55. The minimum absolute atomic E-state index is 0.372. The maximum absolute atomic E-state index is 13.2. The Labute approximate surface area is 115 Å². The van der Waals surface area contributed by atoms with Crippen molar-refractivity contribution in [1.29, 1.82) is 0 Å². The molecule has 0 unspecified atom stereocenters. The van der Waals surface area contributed by atoms with Crippen LogP contribution in [0.5, 0.6) is 0 Å². The zero-order valence-corrected chi connectivity index (χ0v) is 11.3. The number of benzene rings is 1. The molecule has 20 heavy (non-hydrogen) atoms. The van der Waals surface area contributed by atoms with Crippen molar-refractivity contribution >= 4 is 0 Å². The lowest BCUT2D eigenvalue weighted by Crippen LogP contribution is -2.48. The van der Waals surface area contributed by atoms with Crippen molar-refractivity contribution in [1.82, 2.24) is 0 Å². The molecule has 0 saturated heterocycles. The van der Waals surface area contributed by atoms with Gasteiger partial charge in [0.25, 0.3) is 0 Å². The Morgan fingerprint density at radius 3 is 2.30 bits per heavy atom. The van der Waals surface area contributed by atoms with Gasteiger partial charge in [-0.05, 0) is 29.5 Å². The molecule has 1 aromatic carbocycles. The van der Waals surface area contributed by atoms with E-state index in [1.807, 2.05) is 5.92 Å². The molecule has 0 aliphatic heterocycles. The second-order valence-electron chi connectivity index (χ2n) is 5.48. The van der Waals surface area contributed by atoms with Crippen LogP contribution in [-0.2, 0) is 5.41 Å². The molecule has 0 saturated carbocycles. The van der Waals surface area contributed by atoms with Gasteiger partial charge in [0.05, 0.1) is 0 Å². The summed E-state index contributed by atoms with van der Waals surface area (Å²) in [6.07, 6.45) is -1.40. The Hall–Kier alpha value is -1.54. The lowest BCUT2D eigenvalue weighted by atomic mass is 9.74. The number of aliphatic hydroxyl groups is 1. The fraction of sp³-hybridized carbons (Fsp3) is 0.467. The summed E-state index contributed by atoms with van der Waals surface area (Å²) in [5.41, 5.74) is -3.70. The number of halogens is 4. The van der Waals surface area contributed by atoms with E-state index in [9.17, 15) is 22.7 Å². The van der Waals surface area contributed by atoms with Crippen molar-refractivity contribution < 1.29 is 22.7 Å². The Kier molecular flexibility index (Phi) is 4.50. The monoisotopic (exact) mass is 288 g/mol. The minimum atomic E-state index is -4.84. The SMILES string of the molecule is C#CC[C@@](O)(CC(C)(C)c1cccc(F)c1)C(F)(F)F. The summed E-state index contributed by atoms with van der Waals surface area (Å²) in [6.45, 7) is 3.02. The van der Waals surface area contributed by atoms with Gasteiger partial charge in [0.2, 0.25) is 0 Å². The number of terminal acetylenes is 1.